The van der Waals surface area contributed by atoms with E-state index < -0.39 is 18.0 Å². The molecule has 0 aliphatic heterocycles. The molecule has 21 heavy (non-hydrogen) atoms. The van der Waals surface area contributed by atoms with Gasteiger partial charge in [0.25, 0.3) is 0 Å². The zero-order chi connectivity index (χ0) is 15.2. The number of rotatable bonds is 5. The molecule has 0 spiro atoms. The smallest absolute Gasteiger partial charge is 0.311 e. The lowest BCUT2D eigenvalue weighted by Gasteiger charge is -2.27. The summed E-state index contributed by atoms with van der Waals surface area (Å²) in [4.78, 5) is 11.7. The second-order valence-corrected chi connectivity index (χ2v) is 5.10. The van der Waals surface area contributed by atoms with Gasteiger partial charge in [0.05, 0.1) is 19.1 Å². The molecule has 110 valence electrons. The van der Waals surface area contributed by atoms with Crippen molar-refractivity contribution in [3.63, 3.8) is 0 Å². The lowest BCUT2D eigenvalue weighted by Crippen LogP contribution is -2.32. The number of ether oxygens (including phenoxy) is 1. The first-order valence-electron chi connectivity index (χ1n) is 7.01. The maximum Gasteiger partial charge on any atom is 0.311 e. The van der Waals surface area contributed by atoms with E-state index in [2.05, 4.69) is 0 Å². The van der Waals surface area contributed by atoms with Gasteiger partial charge in [0.2, 0.25) is 0 Å². The molecule has 2 aromatic rings. The largest absolute Gasteiger partial charge is 0.469 e. The van der Waals surface area contributed by atoms with Crippen LogP contribution in [0.2, 0.25) is 0 Å². The predicted molar refractivity (Wildman–Crippen MR) is 81.9 cm³/mol. The van der Waals surface area contributed by atoms with Crippen molar-refractivity contribution in [2.24, 2.45) is 5.92 Å². The summed E-state index contributed by atoms with van der Waals surface area (Å²) in [6, 6.07) is 19.4. The van der Waals surface area contributed by atoms with Crippen molar-refractivity contribution in [3.8, 4) is 0 Å². The first-order chi connectivity index (χ1) is 10.1. The zero-order valence-electron chi connectivity index (χ0n) is 12.3. The minimum absolute atomic E-state index is 0.263. The highest BCUT2D eigenvalue weighted by Gasteiger charge is 2.32. The number of benzene rings is 2. The van der Waals surface area contributed by atoms with Crippen LogP contribution in [0.1, 0.15) is 24.0 Å². The quantitative estimate of drug-likeness (QED) is 0.859. The van der Waals surface area contributed by atoms with E-state index in [4.69, 9.17) is 4.74 Å². The Balaban J connectivity index is 2.40. The van der Waals surface area contributed by atoms with Gasteiger partial charge >= 0.3 is 5.97 Å². The molecule has 0 amide bonds. The van der Waals surface area contributed by atoms with Crippen molar-refractivity contribution in [1.82, 2.24) is 0 Å². The molecule has 0 radical (unpaired) electrons. The lowest BCUT2D eigenvalue weighted by atomic mass is 9.81. The maximum absolute atomic E-state index is 11.7. The molecule has 0 saturated heterocycles. The number of esters is 1. The SMILES string of the molecule is COC(=O)C(C)C(O)C(c1ccccc1)c1ccccc1. The van der Waals surface area contributed by atoms with Crippen LogP contribution in [0.4, 0.5) is 0 Å². The molecule has 0 aliphatic rings. The number of carbonyl (C=O) groups excluding carboxylic acids is 1. The van der Waals surface area contributed by atoms with Crippen LogP contribution >= 0.6 is 0 Å². The summed E-state index contributed by atoms with van der Waals surface area (Å²) in [5.74, 6) is -1.26. The highest BCUT2D eigenvalue weighted by atomic mass is 16.5. The average molecular weight is 284 g/mol. The molecule has 2 aromatic carbocycles. The summed E-state index contributed by atoms with van der Waals surface area (Å²) in [7, 11) is 1.34. The van der Waals surface area contributed by atoms with Gasteiger partial charge in [0, 0.05) is 5.92 Å². The molecule has 1 N–H and O–H groups in total. The van der Waals surface area contributed by atoms with Gasteiger partial charge in [-0.25, -0.2) is 0 Å². The minimum Gasteiger partial charge on any atom is -0.469 e. The van der Waals surface area contributed by atoms with Crippen LogP contribution in [0.15, 0.2) is 60.7 Å². The van der Waals surface area contributed by atoms with Crippen molar-refractivity contribution >= 4 is 5.97 Å². The second kappa shape index (κ2) is 7.04. The number of hydrogen-bond donors (Lipinski definition) is 1. The topological polar surface area (TPSA) is 46.5 Å². The van der Waals surface area contributed by atoms with Gasteiger partial charge in [-0.1, -0.05) is 60.7 Å². The van der Waals surface area contributed by atoms with E-state index in [0.29, 0.717) is 0 Å². The Hall–Kier alpha value is -2.13. The van der Waals surface area contributed by atoms with Crippen LogP contribution in [0, 0.1) is 5.92 Å². The summed E-state index contributed by atoms with van der Waals surface area (Å²) < 4.78 is 4.76. The van der Waals surface area contributed by atoms with Gasteiger partial charge in [0.15, 0.2) is 0 Å². The van der Waals surface area contributed by atoms with Crippen molar-refractivity contribution < 1.29 is 14.6 Å². The summed E-state index contributed by atoms with van der Waals surface area (Å²) in [6.45, 7) is 1.69. The van der Waals surface area contributed by atoms with Crippen molar-refractivity contribution in [3.05, 3.63) is 71.8 Å². The molecule has 2 unspecified atom stereocenters. The van der Waals surface area contributed by atoms with Crippen molar-refractivity contribution in [1.29, 1.82) is 0 Å². The lowest BCUT2D eigenvalue weighted by molar-refractivity contribution is -0.148. The predicted octanol–water partition coefficient (Wildman–Crippen LogP) is 2.99. The van der Waals surface area contributed by atoms with E-state index in [0.717, 1.165) is 11.1 Å². The molecule has 2 rings (SSSR count). The number of hydrogen-bond acceptors (Lipinski definition) is 3. The second-order valence-electron chi connectivity index (χ2n) is 5.10. The van der Waals surface area contributed by atoms with E-state index in [9.17, 15) is 9.90 Å². The first-order valence-corrected chi connectivity index (χ1v) is 7.01. The van der Waals surface area contributed by atoms with Gasteiger partial charge in [-0.3, -0.25) is 4.79 Å². The Morgan fingerprint density at radius 1 is 0.952 bits per heavy atom. The van der Waals surface area contributed by atoms with Crippen LogP contribution in [-0.4, -0.2) is 24.3 Å². The molecule has 3 heteroatoms. The fourth-order valence-corrected chi connectivity index (χ4v) is 2.52. The van der Waals surface area contributed by atoms with E-state index in [-0.39, 0.29) is 5.92 Å². The van der Waals surface area contributed by atoms with Crippen molar-refractivity contribution in [2.45, 2.75) is 18.9 Å². The van der Waals surface area contributed by atoms with E-state index >= 15 is 0 Å². The summed E-state index contributed by atoms with van der Waals surface area (Å²) >= 11 is 0. The zero-order valence-corrected chi connectivity index (χ0v) is 12.3. The Bertz CT molecular complexity index is 526. The number of aliphatic hydroxyl groups excluding tert-OH is 1. The molecule has 0 aliphatic carbocycles. The summed E-state index contributed by atoms with van der Waals surface area (Å²) in [5, 5.41) is 10.7. The number of carbonyl (C=O) groups is 1. The van der Waals surface area contributed by atoms with Gasteiger partial charge in [0.1, 0.15) is 0 Å². The Kier molecular flexibility index (Phi) is 5.12. The molecule has 0 heterocycles. The molecule has 0 aromatic heterocycles. The highest BCUT2D eigenvalue weighted by molar-refractivity contribution is 5.72. The highest BCUT2D eigenvalue weighted by Crippen LogP contribution is 2.31. The standard InChI is InChI=1S/C18H20O3/c1-13(18(20)21-2)17(19)16(14-9-5-3-6-10-14)15-11-7-4-8-12-15/h3-13,16-17,19H,1-2H3. The van der Waals surface area contributed by atoms with E-state index in [1.54, 1.807) is 6.92 Å². The van der Waals surface area contributed by atoms with E-state index in [1.165, 1.54) is 7.11 Å². The minimum atomic E-state index is -0.845. The molecule has 0 fully saturated rings. The Morgan fingerprint density at radius 3 is 1.76 bits per heavy atom. The van der Waals surface area contributed by atoms with Crippen LogP contribution in [-0.2, 0) is 9.53 Å². The summed E-state index contributed by atoms with van der Waals surface area (Å²) in [6.07, 6.45) is -0.845. The monoisotopic (exact) mass is 284 g/mol. The van der Waals surface area contributed by atoms with E-state index in [1.807, 2.05) is 60.7 Å². The maximum atomic E-state index is 11.7. The number of methoxy groups -OCH3 is 1. The Morgan fingerprint density at radius 2 is 1.38 bits per heavy atom. The molecule has 2 atom stereocenters. The molecule has 0 saturated carbocycles. The molecular formula is C18H20O3. The van der Waals surface area contributed by atoms with Gasteiger partial charge in [-0.05, 0) is 18.1 Å². The third-order valence-corrected chi connectivity index (χ3v) is 3.74. The van der Waals surface area contributed by atoms with Crippen LogP contribution in [0.25, 0.3) is 0 Å². The van der Waals surface area contributed by atoms with Gasteiger partial charge in [-0.15, -0.1) is 0 Å². The van der Waals surface area contributed by atoms with Crippen LogP contribution < -0.4 is 0 Å². The molecule has 0 bridgehead atoms. The average Bonchev–Trinajstić information content (AvgIpc) is 2.55. The van der Waals surface area contributed by atoms with Crippen LogP contribution in [0.5, 0.6) is 0 Å². The normalized spacial score (nSPS) is 13.7. The fourth-order valence-electron chi connectivity index (χ4n) is 2.52. The number of aliphatic hydroxyl groups is 1. The van der Waals surface area contributed by atoms with Crippen LogP contribution in [0.3, 0.4) is 0 Å². The van der Waals surface area contributed by atoms with Gasteiger partial charge < -0.3 is 9.84 Å². The first kappa shape index (κ1) is 15.3. The Labute approximate surface area is 125 Å². The fraction of sp³-hybridized carbons (Fsp3) is 0.278. The third-order valence-electron chi connectivity index (χ3n) is 3.74. The summed E-state index contributed by atoms with van der Waals surface area (Å²) in [5.41, 5.74) is 1.96. The molecule has 3 nitrogen and oxygen atoms in total. The third kappa shape index (κ3) is 3.50. The van der Waals surface area contributed by atoms with Crippen molar-refractivity contribution in [2.75, 3.05) is 7.11 Å². The van der Waals surface area contributed by atoms with Gasteiger partial charge in [-0.2, -0.15) is 0 Å². The molecular weight excluding hydrogens is 264 g/mol.